The molecule has 0 aliphatic heterocycles. The van der Waals surface area contributed by atoms with Crippen LogP contribution in [0.25, 0.3) is 0 Å². The molecule has 1 rings (SSSR count). The number of nitrogens with two attached hydrogens (primary N) is 1. The van der Waals surface area contributed by atoms with Crippen LogP contribution in [0.4, 0.5) is 24.5 Å². The molecule has 0 saturated heterocycles. The second kappa shape index (κ2) is 7.11. The van der Waals surface area contributed by atoms with E-state index in [9.17, 15) is 13.2 Å². The third-order valence-corrected chi connectivity index (χ3v) is 2.53. The molecular formula is C13H19F3N2O. The van der Waals surface area contributed by atoms with Gasteiger partial charge in [0, 0.05) is 24.7 Å². The molecule has 0 aliphatic rings. The summed E-state index contributed by atoms with van der Waals surface area (Å²) in [5, 5.41) is 3.05. The lowest BCUT2D eigenvalue weighted by Crippen LogP contribution is -2.09. The zero-order valence-corrected chi connectivity index (χ0v) is 10.9. The monoisotopic (exact) mass is 276 g/mol. The van der Waals surface area contributed by atoms with E-state index in [1.807, 2.05) is 6.92 Å². The second-order valence-electron chi connectivity index (χ2n) is 4.18. The molecule has 3 N–H and O–H groups in total. The van der Waals surface area contributed by atoms with Crippen LogP contribution < -0.4 is 15.8 Å². The highest BCUT2D eigenvalue weighted by Crippen LogP contribution is 2.26. The van der Waals surface area contributed by atoms with E-state index in [0.717, 1.165) is 5.69 Å². The summed E-state index contributed by atoms with van der Waals surface area (Å²) < 4.78 is 41.1. The van der Waals surface area contributed by atoms with Crippen molar-refractivity contribution in [3.8, 4) is 5.75 Å². The normalized spacial score (nSPS) is 11.4. The number of nitrogens with one attached hydrogen (secondary N) is 1. The van der Waals surface area contributed by atoms with Crippen LogP contribution in [0.3, 0.4) is 0 Å². The van der Waals surface area contributed by atoms with Gasteiger partial charge in [-0.2, -0.15) is 13.2 Å². The molecule has 0 fully saturated rings. The predicted molar refractivity (Wildman–Crippen MR) is 70.4 cm³/mol. The van der Waals surface area contributed by atoms with Gasteiger partial charge in [0.05, 0.1) is 12.3 Å². The Kier molecular flexibility index (Phi) is 5.79. The molecule has 108 valence electrons. The molecule has 0 atom stereocenters. The molecule has 6 heteroatoms. The van der Waals surface area contributed by atoms with E-state index in [4.69, 9.17) is 10.5 Å². The third-order valence-electron chi connectivity index (χ3n) is 2.53. The topological polar surface area (TPSA) is 47.3 Å². The molecule has 0 aromatic heterocycles. The summed E-state index contributed by atoms with van der Waals surface area (Å²) in [5.74, 6) is 0.586. The number of hydrogen-bond donors (Lipinski definition) is 2. The van der Waals surface area contributed by atoms with Crippen molar-refractivity contribution in [2.45, 2.75) is 32.4 Å². The molecule has 0 spiro atoms. The Morgan fingerprint density at radius 2 is 2.00 bits per heavy atom. The van der Waals surface area contributed by atoms with E-state index in [0.29, 0.717) is 31.0 Å². The van der Waals surface area contributed by atoms with Crippen LogP contribution in [0.2, 0.25) is 0 Å². The van der Waals surface area contributed by atoms with Gasteiger partial charge in [-0.05, 0) is 31.9 Å². The summed E-state index contributed by atoms with van der Waals surface area (Å²) >= 11 is 0. The smallest absolute Gasteiger partial charge is 0.389 e. The first-order valence-electron chi connectivity index (χ1n) is 6.25. The van der Waals surface area contributed by atoms with Crippen LogP contribution in [0.5, 0.6) is 5.75 Å². The largest absolute Gasteiger partial charge is 0.492 e. The Morgan fingerprint density at radius 1 is 1.26 bits per heavy atom. The maximum absolute atomic E-state index is 11.9. The second-order valence-corrected chi connectivity index (χ2v) is 4.18. The Morgan fingerprint density at radius 3 is 2.63 bits per heavy atom. The van der Waals surface area contributed by atoms with Crippen LogP contribution in [-0.4, -0.2) is 19.3 Å². The van der Waals surface area contributed by atoms with E-state index in [-0.39, 0.29) is 6.42 Å². The summed E-state index contributed by atoms with van der Waals surface area (Å²) in [7, 11) is 0. The fourth-order valence-corrected chi connectivity index (χ4v) is 1.61. The van der Waals surface area contributed by atoms with E-state index in [2.05, 4.69) is 5.32 Å². The number of rotatable bonds is 7. The van der Waals surface area contributed by atoms with Crippen LogP contribution in [0.15, 0.2) is 18.2 Å². The zero-order chi connectivity index (χ0) is 14.3. The zero-order valence-electron chi connectivity index (χ0n) is 10.9. The highest BCUT2D eigenvalue weighted by atomic mass is 19.4. The quantitative estimate of drug-likeness (QED) is 0.588. The molecule has 19 heavy (non-hydrogen) atoms. The summed E-state index contributed by atoms with van der Waals surface area (Å²) in [5.41, 5.74) is 7.06. The van der Waals surface area contributed by atoms with Gasteiger partial charge in [-0.15, -0.1) is 0 Å². The van der Waals surface area contributed by atoms with Gasteiger partial charge in [0.15, 0.2) is 0 Å². The Balaban J connectivity index is 2.35. The average molecular weight is 276 g/mol. The van der Waals surface area contributed by atoms with E-state index in [1.165, 1.54) is 0 Å². The lowest BCUT2D eigenvalue weighted by molar-refractivity contribution is -0.135. The lowest BCUT2D eigenvalue weighted by Gasteiger charge is -2.11. The highest BCUT2D eigenvalue weighted by Gasteiger charge is 2.25. The van der Waals surface area contributed by atoms with E-state index in [1.54, 1.807) is 18.2 Å². The summed E-state index contributed by atoms with van der Waals surface area (Å²) in [6.07, 6.45) is -4.21. The number of unbranched alkanes of at least 4 members (excludes halogenated alkanes) is 1. The molecular weight excluding hydrogens is 257 g/mol. The van der Waals surface area contributed by atoms with Crippen LogP contribution >= 0.6 is 0 Å². The van der Waals surface area contributed by atoms with Crippen molar-refractivity contribution in [2.75, 3.05) is 24.2 Å². The number of ether oxygens (including phenoxy) is 1. The average Bonchev–Trinajstić information content (AvgIpc) is 2.31. The Hall–Kier alpha value is -1.59. The minimum Gasteiger partial charge on any atom is -0.492 e. The molecule has 0 radical (unpaired) electrons. The Bertz CT molecular complexity index is 394. The molecule has 0 heterocycles. The molecule has 1 aromatic carbocycles. The molecule has 3 nitrogen and oxygen atoms in total. The fourth-order valence-electron chi connectivity index (χ4n) is 1.61. The number of halogens is 3. The summed E-state index contributed by atoms with van der Waals surface area (Å²) in [4.78, 5) is 0. The van der Waals surface area contributed by atoms with Crippen LogP contribution in [-0.2, 0) is 0 Å². The van der Waals surface area contributed by atoms with Gasteiger partial charge < -0.3 is 15.8 Å². The highest BCUT2D eigenvalue weighted by molar-refractivity contribution is 5.61. The third kappa shape index (κ3) is 6.22. The van der Waals surface area contributed by atoms with Gasteiger partial charge in [-0.25, -0.2) is 0 Å². The van der Waals surface area contributed by atoms with Crippen molar-refractivity contribution in [3.63, 3.8) is 0 Å². The molecule has 0 unspecified atom stereocenters. The first kappa shape index (κ1) is 15.5. The van der Waals surface area contributed by atoms with Crippen molar-refractivity contribution < 1.29 is 17.9 Å². The van der Waals surface area contributed by atoms with Crippen LogP contribution in [0, 0.1) is 0 Å². The first-order valence-corrected chi connectivity index (χ1v) is 6.25. The van der Waals surface area contributed by atoms with E-state index >= 15 is 0 Å². The maximum atomic E-state index is 11.9. The van der Waals surface area contributed by atoms with Crippen LogP contribution in [0.1, 0.15) is 26.2 Å². The number of anilines is 2. The van der Waals surface area contributed by atoms with Gasteiger partial charge in [0.1, 0.15) is 5.75 Å². The first-order chi connectivity index (χ1) is 8.92. The number of benzene rings is 1. The number of alkyl halides is 3. The van der Waals surface area contributed by atoms with Crippen molar-refractivity contribution in [1.29, 1.82) is 0 Å². The Labute approximate surface area is 110 Å². The summed E-state index contributed by atoms with van der Waals surface area (Å²) in [6.45, 7) is 2.86. The minimum absolute atomic E-state index is 0.129. The number of hydrogen-bond acceptors (Lipinski definition) is 3. The van der Waals surface area contributed by atoms with Gasteiger partial charge in [-0.3, -0.25) is 0 Å². The van der Waals surface area contributed by atoms with Gasteiger partial charge >= 0.3 is 6.18 Å². The number of nitrogen functional groups attached to an aromatic ring is 1. The maximum Gasteiger partial charge on any atom is 0.389 e. The molecule has 0 aliphatic carbocycles. The molecule has 0 bridgehead atoms. The molecule has 0 amide bonds. The van der Waals surface area contributed by atoms with Crippen molar-refractivity contribution in [2.24, 2.45) is 0 Å². The van der Waals surface area contributed by atoms with Gasteiger partial charge in [0.2, 0.25) is 0 Å². The van der Waals surface area contributed by atoms with Crippen molar-refractivity contribution >= 4 is 11.4 Å². The van der Waals surface area contributed by atoms with Crippen molar-refractivity contribution in [1.82, 2.24) is 0 Å². The molecule has 0 saturated carbocycles. The lowest BCUT2D eigenvalue weighted by atomic mass is 10.2. The van der Waals surface area contributed by atoms with Gasteiger partial charge in [-0.1, -0.05) is 0 Å². The summed E-state index contributed by atoms with van der Waals surface area (Å²) in [6, 6.07) is 5.24. The van der Waals surface area contributed by atoms with Gasteiger partial charge in [0.25, 0.3) is 0 Å². The van der Waals surface area contributed by atoms with Crippen molar-refractivity contribution in [3.05, 3.63) is 18.2 Å². The minimum atomic E-state index is -4.07. The van der Waals surface area contributed by atoms with E-state index < -0.39 is 12.6 Å². The standard InChI is InChI=1S/C13H19F3N2O/c1-2-19-12-9-10(5-6-11(12)17)18-8-4-3-7-13(14,15)16/h5-6,9,18H,2-4,7-8,17H2,1H3. The predicted octanol–water partition coefficient (Wildman–Crippen LogP) is 3.81. The fraction of sp³-hybridized carbons (Fsp3) is 0.538. The molecule has 1 aromatic rings. The SMILES string of the molecule is CCOc1cc(NCCCCC(F)(F)F)ccc1N.